The van der Waals surface area contributed by atoms with Gasteiger partial charge in [0.15, 0.2) is 0 Å². The van der Waals surface area contributed by atoms with Crippen molar-refractivity contribution in [1.29, 1.82) is 0 Å². The normalized spacial score (nSPS) is 10.6. The Labute approximate surface area is 129 Å². The summed E-state index contributed by atoms with van der Waals surface area (Å²) in [4.78, 5) is 18.6. The number of aromatic nitrogens is 2. The Balaban J connectivity index is 1.66. The molecule has 1 amide bonds. The summed E-state index contributed by atoms with van der Waals surface area (Å²) in [6, 6.07) is 13.3. The molecule has 0 bridgehead atoms. The van der Waals surface area contributed by atoms with Gasteiger partial charge in [-0.2, -0.15) is 0 Å². The van der Waals surface area contributed by atoms with Crippen molar-refractivity contribution in [3.8, 4) is 0 Å². The molecule has 2 aromatic heterocycles. The number of pyridine rings is 1. The lowest BCUT2D eigenvalue weighted by molar-refractivity contribution is 0.0950. The van der Waals surface area contributed by atoms with Crippen LogP contribution in [0.3, 0.4) is 0 Å². The van der Waals surface area contributed by atoms with Crippen LogP contribution < -0.4 is 10.2 Å². The van der Waals surface area contributed by atoms with Crippen LogP contribution in [0, 0.1) is 0 Å². The number of nitrogens with zero attached hydrogens (tertiary/aromatic N) is 3. The van der Waals surface area contributed by atoms with Crippen molar-refractivity contribution in [2.75, 3.05) is 19.0 Å². The second-order valence-corrected chi connectivity index (χ2v) is 5.32. The van der Waals surface area contributed by atoms with Gasteiger partial charge in [-0.1, -0.05) is 6.07 Å². The minimum Gasteiger partial charge on any atom is -0.378 e. The average molecular weight is 294 g/mol. The van der Waals surface area contributed by atoms with Gasteiger partial charge < -0.3 is 14.6 Å². The number of carbonyl (C=O) groups excluding carboxylic acids is 1. The van der Waals surface area contributed by atoms with Gasteiger partial charge in [0.25, 0.3) is 5.91 Å². The summed E-state index contributed by atoms with van der Waals surface area (Å²) < 4.78 is 1.94. The van der Waals surface area contributed by atoms with Crippen LogP contribution in [0.2, 0.25) is 0 Å². The molecule has 0 aliphatic carbocycles. The zero-order chi connectivity index (χ0) is 15.5. The molecule has 5 heteroatoms. The molecule has 1 N–H and O–H groups in total. The van der Waals surface area contributed by atoms with Gasteiger partial charge in [-0.25, -0.2) is 4.98 Å². The van der Waals surface area contributed by atoms with Crippen molar-refractivity contribution in [1.82, 2.24) is 14.7 Å². The van der Waals surface area contributed by atoms with Crippen molar-refractivity contribution in [2.24, 2.45) is 0 Å². The Hall–Kier alpha value is -2.82. The van der Waals surface area contributed by atoms with Gasteiger partial charge in [-0.3, -0.25) is 4.79 Å². The number of imidazole rings is 1. The molecule has 5 nitrogen and oxygen atoms in total. The van der Waals surface area contributed by atoms with Crippen LogP contribution in [0.1, 0.15) is 16.1 Å². The minimum absolute atomic E-state index is 0.0950. The van der Waals surface area contributed by atoms with Crippen molar-refractivity contribution < 1.29 is 4.79 Å². The first-order valence-corrected chi connectivity index (χ1v) is 7.12. The number of nitrogens with one attached hydrogen (secondary N) is 1. The van der Waals surface area contributed by atoms with Crippen LogP contribution in [-0.2, 0) is 6.54 Å². The van der Waals surface area contributed by atoms with E-state index in [0.717, 1.165) is 17.0 Å². The Bertz CT molecular complexity index is 757. The third-order valence-corrected chi connectivity index (χ3v) is 3.49. The maximum Gasteiger partial charge on any atom is 0.251 e. The molecule has 22 heavy (non-hydrogen) atoms. The monoisotopic (exact) mass is 294 g/mol. The summed E-state index contributed by atoms with van der Waals surface area (Å²) in [7, 11) is 3.94. The SMILES string of the molecule is CN(C)c1ccc(C(=O)NCc2cn3ccccc3n2)cc1. The number of rotatable bonds is 4. The Morgan fingerprint density at radius 2 is 1.95 bits per heavy atom. The van der Waals surface area contributed by atoms with Gasteiger partial charge in [0.1, 0.15) is 5.65 Å². The molecular weight excluding hydrogens is 276 g/mol. The summed E-state index contributed by atoms with van der Waals surface area (Å²) in [6.45, 7) is 0.413. The van der Waals surface area contributed by atoms with E-state index in [0.29, 0.717) is 12.1 Å². The molecule has 0 spiro atoms. The zero-order valence-corrected chi connectivity index (χ0v) is 12.7. The Morgan fingerprint density at radius 3 is 2.64 bits per heavy atom. The smallest absolute Gasteiger partial charge is 0.251 e. The Morgan fingerprint density at radius 1 is 1.18 bits per heavy atom. The zero-order valence-electron chi connectivity index (χ0n) is 12.7. The van der Waals surface area contributed by atoms with E-state index in [4.69, 9.17) is 0 Å². The molecule has 0 saturated heterocycles. The summed E-state index contributed by atoms with van der Waals surface area (Å²) >= 11 is 0. The molecule has 0 radical (unpaired) electrons. The summed E-state index contributed by atoms with van der Waals surface area (Å²) in [6.07, 6.45) is 3.86. The van der Waals surface area contributed by atoms with E-state index in [1.54, 1.807) is 0 Å². The van der Waals surface area contributed by atoms with E-state index in [2.05, 4.69) is 10.3 Å². The highest BCUT2D eigenvalue weighted by Gasteiger charge is 2.07. The van der Waals surface area contributed by atoms with Gasteiger partial charge in [-0.15, -0.1) is 0 Å². The number of benzene rings is 1. The molecule has 0 aliphatic heterocycles. The van der Waals surface area contributed by atoms with Crippen LogP contribution >= 0.6 is 0 Å². The van der Waals surface area contributed by atoms with E-state index in [1.165, 1.54) is 0 Å². The van der Waals surface area contributed by atoms with Crippen LogP contribution in [0.15, 0.2) is 54.9 Å². The average Bonchev–Trinajstić information content (AvgIpc) is 2.95. The minimum atomic E-state index is -0.0950. The van der Waals surface area contributed by atoms with E-state index < -0.39 is 0 Å². The number of fused-ring (bicyclic) bond motifs is 1. The molecule has 2 heterocycles. The number of amides is 1. The topological polar surface area (TPSA) is 49.6 Å². The molecule has 1 aromatic carbocycles. The van der Waals surface area contributed by atoms with Crippen molar-refractivity contribution in [3.05, 3.63) is 66.1 Å². The standard InChI is InChI=1S/C17H18N4O/c1-20(2)15-8-6-13(7-9-15)17(22)18-11-14-12-21-10-4-3-5-16(21)19-14/h3-10,12H,11H2,1-2H3,(H,18,22). The Kier molecular flexibility index (Phi) is 3.78. The predicted octanol–water partition coefficient (Wildman–Crippen LogP) is 2.33. The first-order chi connectivity index (χ1) is 10.6. The number of hydrogen-bond donors (Lipinski definition) is 1. The molecule has 3 aromatic rings. The van der Waals surface area contributed by atoms with E-state index >= 15 is 0 Å². The van der Waals surface area contributed by atoms with E-state index in [9.17, 15) is 4.79 Å². The maximum absolute atomic E-state index is 12.2. The lowest BCUT2D eigenvalue weighted by Gasteiger charge is -2.12. The van der Waals surface area contributed by atoms with Gasteiger partial charge in [0.2, 0.25) is 0 Å². The van der Waals surface area contributed by atoms with E-state index in [-0.39, 0.29) is 5.91 Å². The summed E-state index contributed by atoms with van der Waals surface area (Å²) in [5.41, 5.74) is 3.43. The highest BCUT2D eigenvalue weighted by atomic mass is 16.1. The second kappa shape index (κ2) is 5.89. The largest absolute Gasteiger partial charge is 0.378 e. The quantitative estimate of drug-likeness (QED) is 0.803. The third kappa shape index (κ3) is 2.93. The molecule has 3 rings (SSSR count). The summed E-state index contributed by atoms with van der Waals surface area (Å²) in [5.74, 6) is -0.0950. The van der Waals surface area contributed by atoms with Crippen molar-refractivity contribution >= 4 is 17.2 Å². The van der Waals surface area contributed by atoms with E-state index in [1.807, 2.05) is 78.3 Å². The first-order valence-electron chi connectivity index (χ1n) is 7.12. The van der Waals surface area contributed by atoms with Crippen molar-refractivity contribution in [2.45, 2.75) is 6.54 Å². The van der Waals surface area contributed by atoms with Crippen LogP contribution in [0.4, 0.5) is 5.69 Å². The highest BCUT2D eigenvalue weighted by Crippen LogP contribution is 2.12. The number of carbonyl (C=O) groups is 1. The van der Waals surface area contributed by atoms with Crippen LogP contribution in [-0.4, -0.2) is 29.4 Å². The molecular formula is C17H18N4O. The fourth-order valence-corrected chi connectivity index (χ4v) is 2.26. The molecule has 112 valence electrons. The molecule has 0 atom stereocenters. The highest BCUT2D eigenvalue weighted by molar-refractivity contribution is 5.94. The van der Waals surface area contributed by atoms with Crippen LogP contribution in [0.5, 0.6) is 0 Å². The van der Waals surface area contributed by atoms with Gasteiger partial charge in [0.05, 0.1) is 12.2 Å². The summed E-state index contributed by atoms with van der Waals surface area (Å²) in [5, 5.41) is 2.90. The predicted molar refractivity (Wildman–Crippen MR) is 87.1 cm³/mol. The molecule has 0 saturated carbocycles. The van der Waals surface area contributed by atoms with Gasteiger partial charge >= 0.3 is 0 Å². The third-order valence-electron chi connectivity index (χ3n) is 3.49. The fraction of sp³-hybridized carbons (Fsp3) is 0.176. The van der Waals surface area contributed by atoms with Crippen molar-refractivity contribution in [3.63, 3.8) is 0 Å². The fourth-order valence-electron chi connectivity index (χ4n) is 2.26. The number of hydrogen-bond acceptors (Lipinski definition) is 3. The second-order valence-electron chi connectivity index (χ2n) is 5.32. The van der Waals surface area contributed by atoms with Crippen LogP contribution in [0.25, 0.3) is 5.65 Å². The van der Waals surface area contributed by atoms with Gasteiger partial charge in [-0.05, 0) is 36.4 Å². The first kappa shape index (κ1) is 14.1. The maximum atomic E-state index is 12.2. The molecule has 0 unspecified atom stereocenters. The lowest BCUT2D eigenvalue weighted by Crippen LogP contribution is -2.23. The number of anilines is 1. The molecule has 0 fully saturated rings. The lowest BCUT2D eigenvalue weighted by atomic mass is 10.2. The molecule has 0 aliphatic rings. The van der Waals surface area contributed by atoms with Gasteiger partial charge in [0, 0.05) is 37.7 Å².